The Kier molecular flexibility index (Phi) is 10.9. The number of hydrogen-bond acceptors (Lipinski definition) is 9. The van der Waals surface area contributed by atoms with Gasteiger partial charge in [-0.15, -0.1) is 0 Å². The lowest BCUT2D eigenvalue weighted by molar-refractivity contribution is -0.128. The summed E-state index contributed by atoms with van der Waals surface area (Å²) in [7, 11) is -5.07. The number of primary sulfonamides is 1. The zero-order valence-electron chi connectivity index (χ0n) is 25.1. The van der Waals surface area contributed by atoms with E-state index in [0.717, 1.165) is 12.0 Å². The van der Waals surface area contributed by atoms with Crippen molar-refractivity contribution in [3.05, 3.63) is 47.8 Å². The second-order valence-corrected chi connectivity index (χ2v) is 14.6. The number of sulfonamides is 1. The number of nitrogens with one attached hydrogen (secondary N) is 1. The van der Waals surface area contributed by atoms with Gasteiger partial charge in [-0.25, -0.2) is 17.9 Å². The second kappa shape index (κ2) is 13.5. The van der Waals surface area contributed by atoms with Gasteiger partial charge in [-0.05, 0) is 67.3 Å². The van der Waals surface area contributed by atoms with Crippen molar-refractivity contribution < 1.29 is 44.8 Å². The van der Waals surface area contributed by atoms with Crippen LogP contribution in [0.25, 0.3) is 0 Å². The molecule has 0 saturated heterocycles. The van der Waals surface area contributed by atoms with Crippen molar-refractivity contribution in [2.24, 2.45) is 21.9 Å². The van der Waals surface area contributed by atoms with Gasteiger partial charge in [-0.2, -0.15) is 8.42 Å². The maximum Gasteiger partial charge on any atom is 0.265 e. The van der Waals surface area contributed by atoms with E-state index in [-0.39, 0.29) is 33.8 Å². The first-order valence-electron chi connectivity index (χ1n) is 13.8. The molecule has 0 heterocycles. The number of nitrogens with two attached hydrogens (primary N) is 1. The van der Waals surface area contributed by atoms with Crippen LogP contribution in [0.5, 0.6) is 17.2 Å². The lowest BCUT2D eigenvalue weighted by atomic mass is 9.70. The zero-order chi connectivity index (χ0) is 32.2. The number of ether oxygens (including phenoxy) is 3. The number of fused-ring (bicyclic) bond motifs is 2. The summed E-state index contributed by atoms with van der Waals surface area (Å²) in [6, 6.07) is 9.01. The molecule has 2 aliphatic carbocycles. The molecule has 14 heteroatoms. The molecular formula is C29H41FN2O9S2. The zero-order valence-corrected chi connectivity index (χ0v) is 26.7. The van der Waals surface area contributed by atoms with Crippen LogP contribution in [-0.4, -0.2) is 66.3 Å². The Morgan fingerprint density at radius 1 is 1.07 bits per heavy atom. The van der Waals surface area contributed by atoms with Crippen LogP contribution in [0.3, 0.4) is 0 Å². The van der Waals surface area contributed by atoms with Gasteiger partial charge in [0, 0.05) is 25.1 Å². The summed E-state index contributed by atoms with van der Waals surface area (Å²) < 4.78 is 83.4. The highest BCUT2D eigenvalue weighted by Gasteiger charge is 2.65. The van der Waals surface area contributed by atoms with E-state index in [9.17, 15) is 26.0 Å². The Balaban J connectivity index is 0.000000282. The Bertz CT molecular complexity index is 1530. The second-order valence-electron chi connectivity index (χ2n) is 11.6. The van der Waals surface area contributed by atoms with Crippen LogP contribution in [0.1, 0.15) is 45.6 Å². The maximum atomic E-state index is 13.3. The number of benzene rings is 2. The minimum atomic E-state index is -4.08. The molecule has 0 spiro atoms. The first-order chi connectivity index (χ1) is 19.9. The van der Waals surface area contributed by atoms with Gasteiger partial charge in [0.2, 0.25) is 10.0 Å². The van der Waals surface area contributed by atoms with Gasteiger partial charge in [0.15, 0.2) is 11.5 Å². The average molecular weight is 645 g/mol. The quantitative estimate of drug-likeness (QED) is 0.230. The highest BCUT2D eigenvalue weighted by molar-refractivity contribution is 7.89. The van der Waals surface area contributed by atoms with Gasteiger partial charge in [-0.3, -0.25) is 9.35 Å². The van der Waals surface area contributed by atoms with Gasteiger partial charge >= 0.3 is 0 Å². The van der Waals surface area contributed by atoms with E-state index in [1.807, 2.05) is 20.8 Å². The molecule has 2 fully saturated rings. The van der Waals surface area contributed by atoms with E-state index in [4.69, 9.17) is 23.9 Å². The van der Waals surface area contributed by atoms with Crippen molar-refractivity contribution in [3.63, 3.8) is 0 Å². The first kappa shape index (κ1) is 34.7. The van der Waals surface area contributed by atoms with E-state index in [1.54, 1.807) is 12.1 Å². The normalized spacial score (nSPS) is 21.6. The third-order valence-electron chi connectivity index (χ3n) is 8.62. The first-order valence-corrected chi connectivity index (χ1v) is 17.0. The molecule has 4 N–H and O–H groups in total. The molecule has 0 radical (unpaired) electrons. The van der Waals surface area contributed by atoms with Crippen molar-refractivity contribution in [2.45, 2.75) is 57.4 Å². The van der Waals surface area contributed by atoms with E-state index in [0.29, 0.717) is 43.9 Å². The van der Waals surface area contributed by atoms with E-state index < -0.39 is 37.1 Å². The molecule has 240 valence electrons. The lowest BCUT2D eigenvalue weighted by Crippen LogP contribution is -2.42. The van der Waals surface area contributed by atoms with E-state index in [2.05, 4.69) is 5.32 Å². The Morgan fingerprint density at radius 2 is 1.72 bits per heavy atom. The van der Waals surface area contributed by atoms with Crippen LogP contribution in [0, 0.1) is 22.6 Å². The molecule has 4 rings (SSSR count). The Hall–Kier alpha value is -2.78. The van der Waals surface area contributed by atoms with Crippen LogP contribution in [0.2, 0.25) is 0 Å². The SMILES string of the molecule is CC1(C)C2CCC1(CS(=O)(=O)O)C(=O)C2.COc1ccc(F)cc1OCCN[C@@H](C)Cc1ccc(OC)c(S(N)(=O)=O)c1. The summed E-state index contributed by atoms with van der Waals surface area (Å²) in [5.74, 6) is 0.510. The van der Waals surface area contributed by atoms with Crippen LogP contribution < -0.4 is 24.7 Å². The predicted molar refractivity (Wildman–Crippen MR) is 159 cm³/mol. The molecule has 2 aromatic rings. The Morgan fingerprint density at radius 3 is 2.26 bits per heavy atom. The standard InChI is InChI=1S/C19H25FN2O5S.C10H16O4S/c1-13(10-14-4-6-17(26-3)19(11-14)28(21,23)24)22-8-9-27-18-12-15(20)5-7-16(18)25-2;1-9(2)7-3-4-10(9,8(11)5-7)6-15(12,13)14/h4-7,11-13,22H,8-10H2,1-3H3,(H2,21,23,24);7H,3-6H2,1-2H3,(H,12,13,14)/t13-;/m0./s1. The monoisotopic (exact) mass is 644 g/mol. The molecule has 3 atom stereocenters. The van der Waals surface area contributed by atoms with Gasteiger partial charge in [-0.1, -0.05) is 19.9 Å². The molecule has 2 unspecified atom stereocenters. The van der Waals surface area contributed by atoms with Crippen molar-refractivity contribution in [2.75, 3.05) is 33.1 Å². The van der Waals surface area contributed by atoms with E-state index in [1.165, 1.54) is 38.5 Å². The molecule has 2 saturated carbocycles. The maximum absolute atomic E-state index is 13.3. The average Bonchev–Trinajstić information content (AvgIpc) is 3.24. The number of ketones is 1. The fourth-order valence-electron chi connectivity index (χ4n) is 6.15. The fourth-order valence-corrected chi connectivity index (χ4v) is 8.19. The summed E-state index contributed by atoms with van der Waals surface area (Å²) in [5.41, 5.74) is -0.317. The number of halogens is 1. The number of methoxy groups -OCH3 is 2. The van der Waals surface area contributed by atoms with Crippen molar-refractivity contribution in [3.8, 4) is 17.2 Å². The number of carbonyl (C=O) groups is 1. The molecule has 0 aromatic heterocycles. The minimum absolute atomic E-state index is 0.0152. The third kappa shape index (κ3) is 8.24. The summed E-state index contributed by atoms with van der Waals surface area (Å²) in [5, 5.41) is 8.51. The van der Waals surface area contributed by atoms with Crippen molar-refractivity contribution in [1.82, 2.24) is 5.32 Å². The molecular weight excluding hydrogens is 603 g/mol. The molecule has 2 aliphatic rings. The van der Waals surface area contributed by atoms with Gasteiger partial charge in [0.05, 0.1) is 25.4 Å². The predicted octanol–water partition coefficient (Wildman–Crippen LogP) is 3.36. The lowest BCUT2D eigenvalue weighted by Gasteiger charge is -2.35. The summed E-state index contributed by atoms with van der Waals surface area (Å²) >= 11 is 0. The molecule has 0 aliphatic heterocycles. The summed E-state index contributed by atoms with van der Waals surface area (Å²) in [4.78, 5) is 11.8. The molecule has 2 bridgehead atoms. The summed E-state index contributed by atoms with van der Waals surface area (Å²) in [6.07, 6.45) is 2.55. The minimum Gasteiger partial charge on any atom is -0.495 e. The topological polar surface area (TPSA) is 171 Å². The molecule has 11 nitrogen and oxygen atoms in total. The van der Waals surface area contributed by atoms with Gasteiger partial charge in [0.1, 0.15) is 28.9 Å². The number of Topliss-reactive ketones (excluding diaryl/α,β-unsaturated/α-hetero) is 1. The highest BCUT2D eigenvalue weighted by atomic mass is 32.2. The van der Waals surface area contributed by atoms with Crippen LogP contribution in [0.4, 0.5) is 4.39 Å². The molecule has 43 heavy (non-hydrogen) atoms. The largest absolute Gasteiger partial charge is 0.495 e. The fraction of sp³-hybridized carbons (Fsp3) is 0.552. The molecule has 2 aromatic carbocycles. The van der Waals surface area contributed by atoms with Crippen molar-refractivity contribution >= 4 is 25.9 Å². The van der Waals surface area contributed by atoms with Crippen LogP contribution >= 0.6 is 0 Å². The van der Waals surface area contributed by atoms with Gasteiger partial charge < -0.3 is 19.5 Å². The van der Waals surface area contributed by atoms with Crippen LogP contribution in [0.15, 0.2) is 41.3 Å². The Labute approximate surface area is 253 Å². The molecule has 0 amide bonds. The summed E-state index contributed by atoms with van der Waals surface area (Å²) in [6.45, 7) is 6.68. The smallest absolute Gasteiger partial charge is 0.265 e. The van der Waals surface area contributed by atoms with Gasteiger partial charge in [0.25, 0.3) is 10.1 Å². The van der Waals surface area contributed by atoms with Crippen molar-refractivity contribution in [1.29, 1.82) is 0 Å². The highest BCUT2D eigenvalue weighted by Crippen LogP contribution is 2.64. The van der Waals surface area contributed by atoms with Crippen LogP contribution in [-0.2, 0) is 31.4 Å². The van der Waals surface area contributed by atoms with E-state index >= 15 is 0 Å². The number of rotatable bonds is 12. The third-order valence-corrected chi connectivity index (χ3v) is 10.4. The number of carbonyl (C=O) groups excluding carboxylic acids is 1. The number of hydrogen-bond donors (Lipinski definition) is 3.